The van der Waals surface area contributed by atoms with Crippen LogP contribution in [0.1, 0.15) is 15.9 Å². The van der Waals surface area contributed by atoms with Crippen molar-refractivity contribution in [3.8, 4) is 17.5 Å². The van der Waals surface area contributed by atoms with Gasteiger partial charge in [-0.1, -0.05) is 24.3 Å². The van der Waals surface area contributed by atoms with Crippen molar-refractivity contribution >= 4 is 23.6 Å². The predicted molar refractivity (Wildman–Crippen MR) is 108 cm³/mol. The Morgan fingerprint density at radius 1 is 1.10 bits per heavy atom. The van der Waals surface area contributed by atoms with Gasteiger partial charge < -0.3 is 20.5 Å². The molecule has 0 atom stereocenters. The largest absolute Gasteiger partial charge is 0.484 e. The number of esters is 1. The first-order valence-electron chi connectivity index (χ1n) is 8.99. The number of primary amides is 1. The number of amides is 2. The molecule has 0 radical (unpaired) electrons. The van der Waals surface area contributed by atoms with Crippen LogP contribution in [0.4, 0.5) is 5.82 Å². The fourth-order valence-electron chi connectivity index (χ4n) is 2.57. The third-order valence-corrected chi connectivity index (χ3v) is 3.93. The minimum Gasteiger partial charge on any atom is -0.484 e. The summed E-state index contributed by atoms with van der Waals surface area (Å²) in [5.41, 5.74) is 5.94. The fourth-order valence-corrected chi connectivity index (χ4v) is 2.57. The van der Waals surface area contributed by atoms with Gasteiger partial charge in [-0.25, -0.2) is 9.48 Å². The quantitative estimate of drug-likeness (QED) is 0.524. The molecule has 0 aliphatic rings. The Bertz CT molecular complexity index is 1150. The van der Waals surface area contributed by atoms with Gasteiger partial charge in [0.15, 0.2) is 19.0 Å². The molecule has 1 aromatic heterocycles. The lowest BCUT2D eigenvalue weighted by atomic mass is 10.2. The van der Waals surface area contributed by atoms with Gasteiger partial charge in [0.25, 0.3) is 11.8 Å². The van der Waals surface area contributed by atoms with E-state index in [9.17, 15) is 19.6 Å². The average molecular weight is 419 g/mol. The maximum Gasteiger partial charge on any atom is 0.338 e. The zero-order chi connectivity index (χ0) is 22.2. The van der Waals surface area contributed by atoms with Crippen molar-refractivity contribution < 1.29 is 23.9 Å². The molecule has 0 spiro atoms. The number of para-hydroxylation sites is 1. The van der Waals surface area contributed by atoms with E-state index in [0.717, 1.165) is 0 Å². The number of carbonyl (C=O) groups is 3. The monoisotopic (exact) mass is 419 g/mol. The molecule has 10 nitrogen and oxygen atoms in total. The van der Waals surface area contributed by atoms with E-state index in [1.165, 1.54) is 29.1 Å². The van der Waals surface area contributed by atoms with Gasteiger partial charge in [-0.2, -0.15) is 10.4 Å². The third-order valence-electron chi connectivity index (χ3n) is 3.93. The zero-order valence-corrected chi connectivity index (χ0v) is 16.1. The highest BCUT2D eigenvalue weighted by molar-refractivity contribution is 5.96. The number of hydrogen-bond acceptors (Lipinski definition) is 7. The third kappa shape index (κ3) is 5.45. The summed E-state index contributed by atoms with van der Waals surface area (Å²) in [7, 11) is 0. The Morgan fingerprint density at radius 3 is 2.58 bits per heavy atom. The van der Waals surface area contributed by atoms with Gasteiger partial charge in [0.1, 0.15) is 17.4 Å². The van der Waals surface area contributed by atoms with Crippen molar-refractivity contribution in [1.29, 1.82) is 5.26 Å². The molecule has 2 aromatic carbocycles. The van der Waals surface area contributed by atoms with E-state index in [-0.39, 0.29) is 29.3 Å². The number of nitrogens with two attached hydrogens (primary N) is 1. The van der Waals surface area contributed by atoms with Crippen molar-refractivity contribution in [1.82, 2.24) is 9.78 Å². The molecule has 0 fully saturated rings. The SMILES string of the molecule is N#Cc1cnn(-c2ccccc2)c1NC(=O)COC(=O)c1cccc(OCC(N)=O)c1. The predicted octanol–water partition coefficient (Wildman–Crippen LogP) is 1.40. The molecule has 1 heterocycles. The van der Waals surface area contributed by atoms with Crippen LogP contribution in [0.3, 0.4) is 0 Å². The lowest BCUT2D eigenvalue weighted by Gasteiger charge is -2.10. The second-order valence-corrected chi connectivity index (χ2v) is 6.17. The number of anilines is 1. The normalized spacial score (nSPS) is 10.0. The summed E-state index contributed by atoms with van der Waals surface area (Å²) in [5.74, 6) is -1.66. The molecule has 156 valence electrons. The van der Waals surface area contributed by atoms with Crippen LogP contribution in [0.15, 0.2) is 60.8 Å². The lowest BCUT2D eigenvalue weighted by Crippen LogP contribution is -2.23. The second kappa shape index (κ2) is 9.71. The van der Waals surface area contributed by atoms with E-state index >= 15 is 0 Å². The number of rotatable bonds is 8. The van der Waals surface area contributed by atoms with Crippen LogP contribution < -0.4 is 15.8 Å². The van der Waals surface area contributed by atoms with E-state index in [0.29, 0.717) is 5.69 Å². The first kappa shape index (κ1) is 21.1. The van der Waals surface area contributed by atoms with Crippen LogP contribution in [0, 0.1) is 11.3 Å². The molecule has 0 aliphatic heterocycles. The highest BCUT2D eigenvalue weighted by Crippen LogP contribution is 2.19. The molecule has 0 aliphatic carbocycles. The van der Waals surface area contributed by atoms with Gasteiger partial charge in [0, 0.05) is 0 Å². The highest BCUT2D eigenvalue weighted by atomic mass is 16.5. The van der Waals surface area contributed by atoms with Crippen LogP contribution in [0.25, 0.3) is 5.69 Å². The molecule has 31 heavy (non-hydrogen) atoms. The lowest BCUT2D eigenvalue weighted by molar-refractivity contribution is -0.120. The number of hydrogen-bond donors (Lipinski definition) is 2. The van der Waals surface area contributed by atoms with Crippen molar-refractivity contribution in [3.05, 3.63) is 71.9 Å². The second-order valence-electron chi connectivity index (χ2n) is 6.17. The van der Waals surface area contributed by atoms with Gasteiger partial charge in [-0.05, 0) is 30.3 Å². The van der Waals surface area contributed by atoms with Crippen LogP contribution in [-0.4, -0.2) is 40.8 Å². The van der Waals surface area contributed by atoms with Crippen molar-refractivity contribution in [2.75, 3.05) is 18.5 Å². The number of benzene rings is 2. The smallest absolute Gasteiger partial charge is 0.338 e. The number of carbonyl (C=O) groups excluding carboxylic acids is 3. The van der Waals surface area contributed by atoms with Gasteiger partial charge in [0.2, 0.25) is 0 Å². The minimum absolute atomic E-state index is 0.127. The highest BCUT2D eigenvalue weighted by Gasteiger charge is 2.17. The minimum atomic E-state index is -0.767. The van der Waals surface area contributed by atoms with Crippen molar-refractivity contribution in [3.63, 3.8) is 0 Å². The summed E-state index contributed by atoms with van der Waals surface area (Å²) < 4.78 is 11.6. The summed E-state index contributed by atoms with van der Waals surface area (Å²) in [4.78, 5) is 35.4. The fraction of sp³-hybridized carbons (Fsp3) is 0.0952. The summed E-state index contributed by atoms with van der Waals surface area (Å²) in [6.45, 7) is -0.923. The Morgan fingerprint density at radius 2 is 1.87 bits per heavy atom. The van der Waals surface area contributed by atoms with Crippen molar-refractivity contribution in [2.24, 2.45) is 5.73 Å². The summed E-state index contributed by atoms with van der Waals surface area (Å²) in [5, 5.41) is 15.9. The molecular weight excluding hydrogens is 402 g/mol. The van der Waals surface area contributed by atoms with Gasteiger partial charge in [-0.3, -0.25) is 9.59 Å². The topological polar surface area (TPSA) is 149 Å². The summed E-state index contributed by atoms with van der Waals surface area (Å²) in [6, 6.07) is 16.8. The molecular formula is C21H17N5O5. The molecule has 3 N–H and O–H groups in total. The maximum atomic E-state index is 12.3. The van der Waals surface area contributed by atoms with Crippen LogP contribution in [0.2, 0.25) is 0 Å². The molecule has 0 saturated heterocycles. The van der Waals surface area contributed by atoms with E-state index < -0.39 is 24.4 Å². The molecule has 0 bridgehead atoms. The molecule has 10 heteroatoms. The number of nitriles is 1. The van der Waals surface area contributed by atoms with E-state index in [1.807, 2.05) is 12.1 Å². The Balaban J connectivity index is 1.64. The number of nitrogens with one attached hydrogen (secondary N) is 1. The molecule has 3 aromatic rings. The van der Waals surface area contributed by atoms with Gasteiger partial charge in [-0.15, -0.1) is 0 Å². The van der Waals surface area contributed by atoms with Gasteiger partial charge in [0.05, 0.1) is 17.4 Å². The maximum absolute atomic E-state index is 12.3. The number of aromatic nitrogens is 2. The van der Waals surface area contributed by atoms with Crippen LogP contribution >= 0.6 is 0 Å². The van der Waals surface area contributed by atoms with E-state index in [1.54, 1.807) is 30.3 Å². The molecule has 2 amide bonds. The van der Waals surface area contributed by atoms with Gasteiger partial charge >= 0.3 is 5.97 Å². The zero-order valence-electron chi connectivity index (χ0n) is 16.1. The summed E-state index contributed by atoms with van der Waals surface area (Å²) >= 11 is 0. The first-order chi connectivity index (χ1) is 15.0. The Labute approximate surface area is 176 Å². The van der Waals surface area contributed by atoms with E-state index in [4.69, 9.17) is 15.2 Å². The molecule has 0 unspecified atom stereocenters. The first-order valence-corrected chi connectivity index (χ1v) is 8.99. The Kier molecular flexibility index (Phi) is 6.60. The van der Waals surface area contributed by atoms with Crippen molar-refractivity contribution in [2.45, 2.75) is 0 Å². The summed E-state index contributed by atoms with van der Waals surface area (Å²) in [6.07, 6.45) is 1.33. The van der Waals surface area contributed by atoms with Crippen LogP contribution in [0.5, 0.6) is 5.75 Å². The van der Waals surface area contributed by atoms with E-state index in [2.05, 4.69) is 10.4 Å². The average Bonchev–Trinajstić information content (AvgIpc) is 3.19. The standard InChI is InChI=1S/C21H17N5O5/c22-10-15-11-24-26(16-6-2-1-3-7-16)20(15)25-19(28)13-31-21(29)14-5-4-8-17(9-14)30-12-18(23)27/h1-9,11H,12-13H2,(H2,23,27)(H,25,28). The number of nitrogens with zero attached hydrogens (tertiary/aromatic N) is 3. The Hall–Kier alpha value is -4.65. The number of ether oxygens (including phenoxy) is 2. The van der Waals surface area contributed by atoms with Crippen LogP contribution in [-0.2, 0) is 14.3 Å². The molecule has 0 saturated carbocycles. The molecule has 3 rings (SSSR count).